The second-order valence-electron chi connectivity index (χ2n) is 6.60. The highest BCUT2D eigenvalue weighted by atomic mass is 79.9. The van der Waals surface area contributed by atoms with Gasteiger partial charge in [0.15, 0.2) is 11.0 Å². The van der Waals surface area contributed by atoms with Gasteiger partial charge in [-0.2, -0.15) is 0 Å². The number of hydrogen-bond acceptors (Lipinski definition) is 5. The summed E-state index contributed by atoms with van der Waals surface area (Å²) in [5.74, 6) is 0.324. The first-order valence-electron chi connectivity index (χ1n) is 9.30. The molecule has 4 aromatic rings. The molecule has 0 aliphatic carbocycles. The lowest BCUT2D eigenvalue weighted by Gasteiger charge is -2.12. The standard InChI is InChI=1S/C22H15BrCl2N4O2S/c23-13-6-9-19(30)16(10-13)21-27-28-22(29(21)15-4-2-1-3-5-15)32-12-20(31)26-18-11-14(24)7-8-17(18)25/h1-11,30H,12H2,(H,26,31). The van der Waals surface area contributed by atoms with E-state index in [4.69, 9.17) is 23.2 Å². The summed E-state index contributed by atoms with van der Waals surface area (Å²) in [5.41, 5.74) is 1.75. The third-order valence-corrected chi connectivity index (χ3v) is 6.37. The number of rotatable bonds is 6. The van der Waals surface area contributed by atoms with Crippen LogP contribution in [0.1, 0.15) is 0 Å². The van der Waals surface area contributed by atoms with Crippen LogP contribution in [0.3, 0.4) is 0 Å². The Balaban J connectivity index is 1.63. The summed E-state index contributed by atoms with van der Waals surface area (Å²) in [6, 6.07) is 19.4. The van der Waals surface area contributed by atoms with E-state index in [0.29, 0.717) is 32.3 Å². The number of carbonyl (C=O) groups is 1. The minimum Gasteiger partial charge on any atom is -0.507 e. The van der Waals surface area contributed by atoms with Gasteiger partial charge in [0, 0.05) is 15.2 Å². The average molecular weight is 550 g/mol. The van der Waals surface area contributed by atoms with Crippen LogP contribution < -0.4 is 5.32 Å². The van der Waals surface area contributed by atoms with Gasteiger partial charge in [-0.15, -0.1) is 10.2 Å². The molecule has 0 spiro atoms. The number of aromatic hydroxyl groups is 1. The number of nitrogens with one attached hydrogen (secondary N) is 1. The first-order chi connectivity index (χ1) is 15.4. The number of phenols is 1. The summed E-state index contributed by atoms with van der Waals surface area (Å²) < 4.78 is 2.59. The van der Waals surface area contributed by atoms with Crippen molar-refractivity contribution in [1.82, 2.24) is 14.8 Å². The molecule has 0 atom stereocenters. The quantitative estimate of drug-likeness (QED) is 0.270. The van der Waals surface area contributed by atoms with Gasteiger partial charge >= 0.3 is 0 Å². The van der Waals surface area contributed by atoms with Crippen molar-refractivity contribution in [3.63, 3.8) is 0 Å². The van der Waals surface area contributed by atoms with Crippen molar-refractivity contribution in [2.45, 2.75) is 5.16 Å². The number of para-hydroxylation sites is 1. The lowest BCUT2D eigenvalue weighted by molar-refractivity contribution is -0.113. The SMILES string of the molecule is O=C(CSc1nnc(-c2cc(Br)ccc2O)n1-c1ccccc1)Nc1cc(Cl)ccc1Cl. The molecule has 1 amide bonds. The molecule has 0 unspecified atom stereocenters. The van der Waals surface area contributed by atoms with Gasteiger partial charge in [0.25, 0.3) is 0 Å². The number of thioether (sulfide) groups is 1. The zero-order valence-corrected chi connectivity index (χ0v) is 20.2. The van der Waals surface area contributed by atoms with E-state index in [1.165, 1.54) is 11.8 Å². The predicted molar refractivity (Wildman–Crippen MR) is 132 cm³/mol. The molecular formula is C22H15BrCl2N4O2S. The number of amides is 1. The Morgan fingerprint density at radius 2 is 1.84 bits per heavy atom. The Morgan fingerprint density at radius 3 is 2.62 bits per heavy atom. The fraction of sp³-hybridized carbons (Fsp3) is 0.0455. The van der Waals surface area contributed by atoms with E-state index in [-0.39, 0.29) is 17.4 Å². The number of aromatic nitrogens is 3. The molecule has 0 aliphatic rings. The highest BCUT2D eigenvalue weighted by molar-refractivity contribution is 9.10. The van der Waals surface area contributed by atoms with Crippen LogP contribution in [0.15, 0.2) is 76.4 Å². The first kappa shape index (κ1) is 22.7. The fourth-order valence-electron chi connectivity index (χ4n) is 2.94. The summed E-state index contributed by atoms with van der Waals surface area (Å²) in [5, 5.41) is 23.1. The van der Waals surface area contributed by atoms with Gasteiger partial charge in [0.2, 0.25) is 5.91 Å². The highest BCUT2D eigenvalue weighted by Crippen LogP contribution is 2.34. The molecule has 4 rings (SSSR count). The predicted octanol–water partition coefficient (Wildman–Crippen LogP) is 6.44. The third-order valence-electron chi connectivity index (χ3n) is 4.38. The van der Waals surface area contributed by atoms with Crippen molar-refractivity contribution < 1.29 is 9.90 Å². The fourth-order valence-corrected chi connectivity index (χ4v) is 4.39. The maximum absolute atomic E-state index is 12.5. The molecule has 1 heterocycles. The van der Waals surface area contributed by atoms with Crippen molar-refractivity contribution in [1.29, 1.82) is 0 Å². The smallest absolute Gasteiger partial charge is 0.234 e. The second kappa shape index (κ2) is 9.95. The molecule has 2 N–H and O–H groups in total. The Bertz CT molecular complexity index is 1280. The first-order valence-corrected chi connectivity index (χ1v) is 11.8. The number of benzene rings is 3. The molecule has 0 saturated carbocycles. The van der Waals surface area contributed by atoms with Crippen molar-refractivity contribution in [2.75, 3.05) is 11.1 Å². The Hall–Kier alpha value is -2.52. The van der Waals surface area contributed by atoms with E-state index < -0.39 is 0 Å². The molecule has 10 heteroatoms. The Labute approximate surface area is 206 Å². The van der Waals surface area contributed by atoms with E-state index in [1.807, 2.05) is 30.3 Å². The molecule has 3 aromatic carbocycles. The second-order valence-corrected chi connectivity index (χ2v) is 9.30. The van der Waals surface area contributed by atoms with Gasteiger partial charge in [0.05, 0.1) is 22.0 Å². The molecule has 0 aliphatic heterocycles. The van der Waals surface area contributed by atoms with Crippen LogP contribution in [0, 0.1) is 0 Å². The maximum Gasteiger partial charge on any atom is 0.234 e. The maximum atomic E-state index is 12.5. The van der Waals surface area contributed by atoms with Gasteiger partial charge in [-0.1, -0.05) is 69.1 Å². The van der Waals surface area contributed by atoms with Crippen LogP contribution in [0.4, 0.5) is 5.69 Å². The third kappa shape index (κ3) is 5.10. The molecular weight excluding hydrogens is 535 g/mol. The van der Waals surface area contributed by atoms with Gasteiger partial charge in [-0.05, 0) is 48.5 Å². The minimum atomic E-state index is -0.270. The van der Waals surface area contributed by atoms with Gasteiger partial charge < -0.3 is 10.4 Å². The van der Waals surface area contributed by atoms with Crippen LogP contribution in [-0.2, 0) is 4.79 Å². The lowest BCUT2D eigenvalue weighted by Crippen LogP contribution is -2.15. The van der Waals surface area contributed by atoms with Crippen molar-refractivity contribution in [3.05, 3.63) is 81.2 Å². The molecule has 6 nitrogen and oxygen atoms in total. The van der Waals surface area contributed by atoms with Crippen LogP contribution in [0.5, 0.6) is 5.75 Å². The Kier molecular flexibility index (Phi) is 7.05. The van der Waals surface area contributed by atoms with E-state index in [2.05, 4.69) is 31.4 Å². The number of carbonyl (C=O) groups excluding carboxylic acids is 1. The van der Waals surface area contributed by atoms with Gasteiger partial charge in [0.1, 0.15) is 5.75 Å². The average Bonchev–Trinajstić information content (AvgIpc) is 3.21. The normalized spacial score (nSPS) is 10.8. The minimum absolute atomic E-state index is 0.0677. The van der Waals surface area contributed by atoms with Gasteiger partial charge in [-0.3, -0.25) is 9.36 Å². The largest absolute Gasteiger partial charge is 0.507 e. The highest BCUT2D eigenvalue weighted by Gasteiger charge is 2.20. The summed E-state index contributed by atoms with van der Waals surface area (Å²) >= 11 is 16.8. The summed E-state index contributed by atoms with van der Waals surface area (Å²) in [6.07, 6.45) is 0. The van der Waals surface area contributed by atoms with Crippen LogP contribution in [0.2, 0.25) is 10.0 Å². The van der Waals surface area contributed by atoms with E-state index >= 15 is 0 Å². The van der Waals surface area contributed by atoms with Crippen molar-refractivity contribution in [2.24, 2.45) is 0 Å². The molecule has 162 valence electrons. The molecule has 0 fully saturated rings. The summed E-state index contributed by atoms with van der Waals surface area (Å²) in [6.45, 7) is 0. The van der Waals surface area contributed by atoms with Crippen LogP contribution >= 0.6 is 50.9 Å². The topological polar surface area (TPSA) is 80.0 Å². The van der Waals surface area contributed by atoms with Gasteiger partial charge in [-0.25, -0.2) is 0 Å². The number of hydrogen-bond donors (Lipinski definition) is 2. The van der Waals surface area contributed by atoms with Crippen molar-refractivity contribution in [3.8, 4) is 22.8 Å². The summed E-state index contributed by atoms with van der Waals surface area (Å²) in [4.78, 5) is 12.5. The number of nitrogens with zero attached hydrogens (tertiary/aromatic N) is 3. The Morgan fingerprint density at radius 1 is 1.06 bits per heavy atom. The number of halogens is 3. The van der Waals surface area contributed by atoms with Crippen LogP contribution in [0.25, 0.3) is 17.1 Å². The van der Waals surface area contributed by atoms with Crippen LogP contribution in [-0.4, -0.2) is 31.5 Å². The molecule has 1 aromatic heterocycles. The number of phenolic OH excluding ortho intramolecular Hbond substituents is 1. The molecule has 0 radical (unpaired) electrons. The zero-order valence-electron chi connectivity index (χ0n) is 16.3. The summed E-state index contributed by atoms with van der Waals surface area (Å²) in [7, 11) is 0. The molecule has 0 bridgehead atoms. The van der Waals surface area contributed by atoms with E-state index in [1.54, 1.807) is 41.0 Å². The molecule has 32 heavy (non-hydrogen) atoms. The lowest BCUT2D eigenvalue weighted by atomic mass is 10.2. The number of anilines is 1. The zero-order chi connectivity index (χ0) is 22.7. The van der Waals surface area contributed by atoms with E-state index in [9.17, 15) is 9.90 Å². The van der Waals surface area contributed by atoms with Crippen molar-refractivity contribution >= 4 is 62.5 Å². The molecule has 0 saturated heterocycles. The monoisotopic (exact) mass is 548 g/mol. The van der Waals surface area contributed by atoms with E-state index in [0.717, 1.165) is 10.2 Å².